The molecular weight excluding hydrogens is 244 g/mol. The van der Waals surface area contributed by atoms with Gasteiger partial charge in [0.2, 0.25) is 0 Å². The van der Waals surface area contributed by atoms with Crippen LogP contribution >= 0.6 is 0 Å². The molecule has 0 unspecified atom stereocenters. The first kappa shape index (κ1) is 13.3. The van der Waals surface area contributed by atoms with E-state index in [2.05, 4.69) is 9.97 Å². The topological polar surface area (TPSA) is 64.2 Å². The predicted molar refractivity (Wildman–Crippen MR) is 72.3 cm³/mol. The molecule has 1 heterocycles. The van der Waals surface area contributed by atoms with Crippen LogP contribution in [0, 0.1) is 6.92 Å². The fourth-order valence-electron chi connectivity index (χ4n) is 1.89. The molecule has 0 aliphatic heterocycles. The van der Waals surface area contributed by atoms with Crippen LogP contribution in [0.1, 0.15) is 11.3 Å². The minimum Gasteiger partial charge on any atom is -0.496 e. The number of aromatic nitrogens is 2. The van der Waals surface area contributed by atoms with Gasteiger partial charge < -0.3 is 14.5 Å². The summed E-state index contributed by atoms with van der Waals surface area (Å²) in [5, 5.41) is 0. The van der Waals surface area contributed by atoms with Gasteiger partial charge in [-0.1, -0.05) is 0 Å². The van der Waals surface area contributed by atoms with E-state index in [0.717, 1.165) is 16.9 Å². The molecule has 0 bridgehead atoms. The Morgan fingerprint density at radius 2 is 2.05 bits per heavy atom. The number of hydrogen-bond acceptors (Lipinski definition) is 4. The largest absolute Gasteiger partial charge is 0.496 e. The number of benzene rings is 1. The molecule has 5 nitrogen and oxygen atoms in total. The van der Waals surface area contributed by atoms with Gasteiger partial charge in [-0.3, -0.25) is 4.79 Å². The van der Waals surface area contributed by atoms with Crippen molar-refractivity contribution in [2.75, 3.05) is 14.2 Å². The molecule has 0 fully saturated rings. The summed E-state index contributed by atoms with van der Waals surface area (Å²) in [5.41, 5.74) is 2.24. The number of aryl methyl sites for hydroxylation is 1. The highest BCUT2D eigenvalue weighted by atomic mass is 16.5. The first-order chi connectivity index (χ1) is 9.13. The van der Waals surface area contributed by atoms with Crippen LogP contribution in [-0.4, -0.2) is 24.2 Å². The van der Waals surface area contributed by atoms with Crippen molar-refractivity contribution >= 4 is 0 Å². The van der Waals surface area contributed by atoms with Gasteiger partial charge in [-0.05, 0) is 30.7 Å². The van der Waals surface area contributed by atoms with Gasteiger partial charge in [0.1, 0.15) is 11.6 Å². The van der Waals surface area contributed by atoms with E-state index >= 15 is 0 Å². The number of nitrogens with zero attached hydrogens (tertiary/aromatic N) is 1. The fourth-order valence-corrected chi connectivity index (χ4v) is 1.89. The normalized spacial score (nSPS) is 10.5. The maximum Gasteiger partial charge on any atom is 0.251 e. The maximum absolute atomic E-state index is 11.6. The Hall–Kier alpha value is -2.14. The first-order valence-electron chi connectivity index (χ1n) is 5.88. The summed E-state index contributed by atoms with van der Waals surface area (Å²) in [5.74, 6) is 1.34. The quantitative estimate of drug-likeness (QED) is 0.912. The molecule has 19 heavy (non-hydrogen) atoms. The van der Waals surface area contributed by atoms with Gasteiger partial charge in [-0.15, -0.1) is 0 Å². The Morgan fingerprint density at radius 3 is 2.68 bits per heavy atom. The Balaban J connectivity index is 2.46. The van der Waals surface area contributed by atoms with E-state index in [1.165, 1.54) is 6.07 Å². The molecule has 2 aromatic rings. The van der Waals surface area contributed by atoms with Gasteiger partial charge >= 0.3 is 0 Å². The lowest BCUT2D eigenvalue weighted by atomic mass is 10.1. The number of nitrogens with one attached hydrogen (secondary N) is 1. The van der Waals surface area contributed by atoms with Gasteiger partial charge in [0.05, 0.1) is 19.4 Å². The zero-order valence-electron chi connectivity index (χ0n) is 11.2. The molecule has 5 heteroatoms. The molecule has 1 aromatic heterocycles. The van der Waals surface area contributed by atoms with Crippen molar-refractivity contribution in [3.63, 3.8) is 0 Å². The summed E-state index contributed by atoms with van der Waals surface area (Å²) in [4.78, 5) is 18.7. The summed E-state index contributed by atoms with van der Waals surface area (Å²) in [6, 6.07) is 7.07. The molecule has 0 saturated carbocycles. The van der Waals surface area contributed by atoms with Gasteiger partial charge in [0.25, 0.3) is 5.56 Å². The van der Waals surface area contributed by atoms with E-state index in [1.54, 1.807) is 14.2 Å². The third kappa shape index (κ3) is 3.00. The molecule has 2 rings (SSSR count). The average Bonchev–Trinajstić information content (AvgIpc) is 2.38. The lowest BCUT2D eigenvalue weighted by Crippen LogP contribution is -2.11. The highest BCUT2D eigenvalue weighted by molar-refractivity contribution is 5.58. The van der Waals surface area contributed by atoms with Crippen LogP contribution < -0.4 is 10.3 Å². The highest BCUT2D eigenvalue weighted by Gasteiger charge is 2.06. The Kier molecular flexibility index (Phi) is 3.97. The summed E-state index contributed by atoms with van der Waals surface area (Å²) in [6.07, 6.45) is 0. The Bertz CT molecular complexity index is 635. The molecule has 0 radical (unpaired) electrons. The number of rotatable bonds is 4. The number of aromatic amines is 1. The zero-order valence-corrected chi connectivity index (χ0v) is 11.2. The van der Waals surface area contributed by atoms with Crippen molar-refractivity contribution < 1.29 is 9.47 Å². The average molecular weight is 260 g/mol. The van der Waals surface area contributed by atoms with Crippen molar-refractivity contribution in [2.24, 2.45) is 0 Å². The summed E-state index contributed by atoms with van der Waals surface area (Å²) in [7, 11) is 3.20. The smallest absolute Gasteiger partial charge is 0.251 e. The van der Waals surface area contributed by atoms with E-state index < -0.39 is 0 Å². The SMILES string of the molecule is COCc1cc(=O)[nH]c(-c2ccc(OC)c(C)c2)n1. The minimum atomic E-state index is -0.189. The van der Waals surface area contributed by atoms with E-state index in [0.29, 0.717) is 18.1 Å². The molecule has 0 spiro atoms. The number of hydrogen-bond donors (Lipinski definition) is 1. The molecular formula is C14H16N2O3. The molecule has 1 aromatic carbocycles. The highest BCUT2D eigenvalue weighted by Crippen LogP contribution is 2.23. The summed E-state index contributed by atoms with van der Waals surface area (Å²) >= 11 is 0. The Morgan fingerprint density at radius 1 is 1.26 bits per heavy atom. The monoisotopic (exact) mass is 260 g/mol. The van der Waals surface area contributed by atoms with Crippen LogP contribution in [0.5, 0.6) is 5.75 Å². The predicted octanol–water partition coefficient (Wildman–Crippen LogP) is 1.90. The van der Waals surface area contributed by atoms with Crippen LogP contribution in [0.15, 0.2) is 29.1 Å². The minimum absolute atomic E-state index is 0.189. The Labute approximate surface area is 111 Å². The van der Waals surface area contributed by atoms with E-state index in [9.17, 15) is 4.79 Å². The van der Waals surface area contributed by atoms with Crippen molar-refractivity contribution in [1.29, 1.82) is 0 Å². The summed E-state index contributed by atoms with van der Waals surface area (Å²) in [6.45, 7) is 2.26. The third-order valence-electron chi connectivity index (χ3n) is 2.76. The number of methoxy groups -OCH3 is 2. The van der Waals surface area contributed by atoms with Crippen molar-refractivity contribution in [2.45, 2.75) is 13.5 Å². The van der Waals surface area contributed by atoms with Crippen molar-refractivity contribution in [3.8, 4) is 17.1 Å². The molecule has 0 atom stereocenters. The molecule has 100 valence electrons. The third-order valence-corrected chi connectivity index (χ3v) is 2.76. The van der Waals surface area contributed by atoms with Crippen LogP contribution in [0.3, 0.4) is 0 Å². The fraction of sp³-hybridized carbons (Fsp3) is 0.286. The number of H-pyrrole nitrogens is 1. The van der Waals surface area contributed by atoms with Crippen LogP contribution in [0.4, 0.5) is 0 Å². The van der Waals surface area contributed by atoms with Gasteiger partial charge in [0.15, 0.2) is 0 Å². The summed E-state index contributed by atoms with van der Waals surface area (Å²) < 4.78 is 10.2. The van der Waals surface area contributed by atoms with E-state index in [1.807, 2.05) is 25.1 Å². The van der Waals surface area contributed by atoms with Crippen molar-refractivity contribution in [1.82, 2.24) is 9.97 Å². The van der Waals surface area contributed by atoms with Crippen LogP contribution in [0.2, 0.25) is 0 Å². The zero-order chi connectivity index (χ0) is 13.8. The van der Waals surface area contributed by atoms with E-state index in [-0.39, 0.29) is 5.56 Å². The van der Waals surface area contributed by atoms with Crippen molar-refractivity contribution in [3.05, 3.63) is 45.9 Å². The molecule has 0 aliphatic carbocycles. The number of ether oxygens (including phenoxy) is 2. The molecule has 0 aliphatic rings. The standard InChI is InChI=1S/C14H16N2O3/c1-9-6-10(4-5-12(9)19-3)14-15-11(8-18-2)7-13(17)16-14/h4-7H,8H2,1-3H3,(H,15,16,17). The second kappa shape index (κ2) is 5.67. The first-order valence-corrected chi connectivity index (χ1v) is 5.88. The van der Waals surface area contributed by atoms with Gasteiger partial charge in [0, 0.05) is 18.7 Å². The van der Waals surface area contributed by atoms with Crippen LogP contribution in [-0.2, 0) is 11.3 Å². The maximum atomic E-state index is 11.6. The lowest BCUT2D eigenvalue weighted by molar-refractivity contribution is 0.181. The van der Waals surface area contributed by atoms with Gasteiger partial charge in [-0.2, -0.15) is 0 Å². The molecule has 0 amide bonds. The molecule has 1 N–H and O–H groups in total. The molecule has 0 saturated heterocycles. The lowest BCUT2D eigenvalue weighted by Gasteiger charge is -2.08. The van der Waals surface area contributed by atoms with E-state index in [4.69, 9.17) is 9.47 Å². The van der Waals surface area contributed by atoms with Crippen LogP contribution in [0.25, 0.3) is 11.4 Å². The second-order valence-corrected chi connectivity index (χ2v) is 4.20. The van der Waals surface area contributed by atoms with Gasteiger partial charge in [-0.25, -0.2) is 4.98 Å². The second-order valence-electron chi connectivity index (χ2n) is 4.20.